The summed E-state index contributed by atoms with van der Waals surface area (Å²) in [6.07, 6.45) is -3.65. The lowest BCUT2D eigenvalue weighted by molar-refractivity contribution is -0.141. The molecule has 186 valence electrons. The maximum absolute atomic E-state index is 13.5. The van der Waals surface area contributed by atoms with Gasteiger partial charge in [-0.25, -0.2) is 4.79 Å². The zero-order chi connectivity index (χ0) is 25.2. The minimum absolute atomic E-state index is 0.00880. The molecule has 1 aromatic carbocycles. The predicted octanol–water partition coefficient (Wildman–Crippen LogP) is 5.71. The molecule has 0 saturated carbocycles. The van der Waals surface area contributed by atoms with Crippen molar-refractivity contribution in [2.45, 2.75) is 44.7 Å². The number of benzene rings is 1. The van der Waals surface area contributed by atoms with Crippen molar-refractivity contribution in [3.05, 3.63) is 80.3 Å². The van der Waals surface area contributed by atoms with E-state index in [-0.39, 0.29) is 36.9 Å². The Bertz CT molecular complexity index is 1150. The summed E-state index contributed by atoms with van der Waals surface area (Å²) in [4.78, 5) is 27.7. The number of alkyl halides is 3. The number of rotatable bonds is 7. The highest BCUT2D eigenvalue weighted by molar-refractivity contribution is 7.10. The minimum atomic E-state index is -4.49. The van der Waals surface area contributed by atoms with Gasteiger partial charge >= 0.3 is 12.1 Å². The van der Waals surface area contributed by atoms with Crippen molar-refractivity contribution in [2.75, 3.05) is 19.8 Å². The second kappa shape index (κ2) is 10.4. The fraction of sp³-hybridized carbons (Fsp3) is 0.385. The SMILES string of the molecule is CCOCCOC(=O)C1=C(C)NC2=C(C(=O)CC(c3cccs3)C2)C1c1ccc(C(F)(F)F)cc1. The Kier molecular flexibility index (Phi) is 7.47. The molecule has 35 heavy (non-hydrogen) atoms. The number of hydrogen-bond acceptors (Lipinski definition) is 6. The van der Waals surface area contributed by atoms with Crippen molar-refractivity contribution in [1.29, 1.82) is 0 Å². The lowest BCUT2D eigenvalue weighted by Crippen LogP contribution is -2.36. The Labute approximate surface area is 205 Å². The monoisotopic (exact) mass is 505 g/mol. The number of thiophene rings is 1. The van der Waals surface area contributed by atoms with Gasteiger partial charge in [0.25, 0.3) is 0 Å². The van der Waals surface area contributed by atoms with E-state index in [9.17, 15) is 22.8 Å². The van der Waals surface area contributed by atoms with Gasteiger partial charge in [0.05, 0.1) is 17.7 Å². The van der Waals surface area contributed by atoms with E-state index in [4.69, 9.17) is 9.47 Å². The largest absolute Gasteiger partial charge is 0.460 e. The van der Waals surface area contributed by atoms with Gasteiger partial charge in [0.1, 0.15) is 6.61 Å². The molecule has 0 saturated heterocycles. The van der Waals surface area contributed by atoms with Gasteiger partial charge in [0, 0.05) is 46.7 Å². The third-order valence-corrected chi connectivity index (χ3v) is 7.26. The van der Waals surface area contributed by atoms with Crippen LogP contribution < -0.4 is 5.32 Å². The molecule has 2 atom stereocenters. The number of hydrogen-bond donors (Lipinski definition) is 1. The van der Waals surface area contributed by atoms with Crippen molar-refractivity contribution in [3.8, 4) is 0 Å². The summed E-state index contributed by atoms with van der Waals surface area (Å²) in [5.41, 5.74) is 1.51. The van der Waals surface area contributed by atoms with Gasteiger partial charge in [-0.15, -0.1) is 11.3 Å². The first-order valence-electron chi connectivity index (χ1n) is 11.4. The Morgan fingerprint density at radius 1 is 1.14 bits per heavy atom. The Morgan fingerprint density at radius 2 is 1.89 bits per heavy atom. The van der Waals surface area contributed by atoms with E-state index in [1.54, 1.807) is 18.3 Å². The molecule has 0 amide bonds. The molecule has 1 N–H and O–H groups in total. The van der Waals surface area contributed by atoms with Gasteiger partial charge in [-0.2, -0.15) is 13.2 Å². The maximum Gasteiger partial charge on any atom is 0.416 e. The lowest BCUT2D eigenvalue weighted by atomic mass is 9.72. The first kappa shape index (κ1) is 25.2. The molecule has 2 unspecified atom stereocenters. The molecule has 1 aliphatic heterocycles. The van der Waals surface area contributed by atoms with E-state index < -0.39 is 23.6 Å². The van der Waals surface area contributed by atoms with Crippen molar-refractivity contribution in [3.63, 3.8) is 0 Å². The molecular formula is C26H26F3NO4S. The first-order chi connectivity index (χ1) is 16.7. The topological polar surface area (TPSA) is 64.6 Å². The van der Waals surface area contributed by atoms with Crippen molar-refractivity contribution >= 4 is 23.1 Å². The number of ketones is 1. The summed E-state index contributed by atoms with van der Waals surface area (Å²) in [5.74, 6) is -1.56. The van der Waals surface area contributed by atoms with E-state index in [2.05, 4.69) is 5.32 Å². The molecule has 1 aromatic heterocycles. The summed E-state index contributed by atoms with van der Waals surface area (Å²) in [5, 5.41) is 5.20. The number of nitrogens with one attached hydrogen (secondary N) is 1. The molecule has 4 rings (SSSR count). The number of carbonyl (C=O) groups is 2. The second-order valence-corrected chi connectivity index (χ2v) is 9.46. The molecule has 9 heteroatoms. The molecule has 0 radical (unpaired) electrons. The zero-order valence-corrected chi connectivity index (χ0v) is 20.2. The highest BCUT2D eigenvalue weighted by Gasteiger charge is 2.42. The Balaban J connectivity index is 1.73. The maximum atomic E-state index is 13.5. The van der Waals surface area contributed by atoms with Gasteiger partial charge in [-0.1, -0.05) is 18.2 Å². The number of esters is 1. The summed E-state index contributed by atoms with van der Waals surface area (Å²) in [6.45, 7) is 4.28. The molecular weight excluding hydrogens is 479 g/mol. The summed E-state index contributed by atoms with van der Waals surface area (Å²) in [6, 6.07) is 8.56. The molecule has 0 spiro atoms. The van der Waals surface area contributed by atoms with Crippen LogP contribution in [0, 0.1) is 0 Å². The third-order valence-electron chi connectivity index (χ3n) is 6.23. The number of Topliss-reactive ketones (excluding diaryl/α,β-unsaturated/α-hetero) is 1. The molecule has 1 aliphatic carbocycles. The van der Waals surface area contributed by atoms with Crippen LogP contribution >= 0.6 is 11.3 Å². The summed E-state index contributed by atoms with van der Waals surface area (Å²) in [7, 11) is 0. The lowest BCUT2D eigenvalue weighted by Gasteiger charge is -2.36. The fourth-order valence-electron chi connectivity index (χ4n) is 4.65. The highest BCUT2D eigenvalue weighted by Crippen LogP contribution is 2.46. The normalized spacial score (nSPS) is 20.5. The Morgan fingerprint density at radius 3 is 2.51 bits per heavy atom. The van der Waals surface area contributed by atoms with Crippen LogP contribution in [0.25, 0.3) is 0 Å². The van der Waals surface area contributed by atoms with E-state index in [0.29, 0.717) is 35.6 Å². The summed E-state index contributed by atoms with van der Waals surface area (Å²) >= 11 is 1.58. The Hall–Kier alpha value is -2.91. The third kappa shape index (κ3) is 5.36. The van der Waals surface area contributed by atoms with Crippen LogP contribution in [-0.4, -0.2) is 31.6 Å². The van der Waals surface area contributed by atoms with Crippen LogP contribution in [0.2, 0.25) is 0 Å². The fourth-order valence-corrected chi connectivity index (χ4v) is 5.48. The van der Waals surface area contributed by atoms with E-state index in [1.807, 2.05) is 24.4 Å². The van der Waals surface area contributed by atoms with Gasteiger partial charge in [-0.3, -0.25) is 4.79 Å². The van der Waals surface area contributed by atoms with Crippen molar-refractivity contribution in [1.82, 2.24) is 5.32 Å². The predicted molar refractivity (Wildman–Crippen MR) is 126 cm³/mol. The van der Waals surface area contributed by atoms with Gasteiger partial charge in [0.15, 0.2) is 5.78 Å². The van der Waals surface area contributed by atoms with Crippen LogP contribution in [0.1, 0.15) is 54.5 Å². The average molecular weight is 506 g/mol. The van der Waals surface area contributed by atoms with Gasteiger partial charge in [-0.05, 0) is 49.4 Å². The van der Waals surface area contributed by atoms with E-state index in [1.165, 1.54) is 12.1 Å². The number of ether oxygens (including phenoxy) is 2. The molecule has 0 bridgehead atoms. The smallest absolute Gasteiger partial charge is 0.416 e. The first-order valence-corrected chi connectivity index (χ1v) is 12.3. The van der Waals surface area contributed by atoms with Crippen LogP contribution in [0.15, 0.2) is 64.3 Å². The average Bonchev–Trinajstić information content (AvgIpc) is 3.35. The van der Waals surface area contributed by atoms with Crippen LogP contribution in [0.4, 0.5) is 13.2 Å². The highest BCUT2D eigenvalue weighted by atomic mass is 32.1. The van der Waals surface area contributed by atoms with Crippen LogP contribution in [-0.2, 0) is 25.2 Å². The van der Waals surface area contributed by atoms with Gasteiger partial charge in [0.2, 0.25) is 0 Å². The van der Waals surface area contributed by atoms with Crippen LogP contribution in [0.3, 0.4) is 0 Å². The molecule has 2 aliphatic rings. The minimum Gasteiger partial charge on any atom is -0.460 e. The quantitative estimate of drug-likeness (QED) is 0.386. The molecule has 0 fully saturated rings. The van der Waals surface area contributed by atoms with Crippen molar-refractivity contribution < 1.29 is 32.2 Å². The molecule has 2 aromatic rings. The van der Waals surface area contributed by atoms with Gasteiger partial charge < -0.3 is 14.8 Å². The number of dihydropyridines is 1. The zero-order valence-electron chi connectivity index (χ0n) is 19.4. The number of allylic oxidation sites excluding steroid dienone is 3. The second-order valence-electron chi connectivity index (χ2n) is 8.49. The molecule has 5 nitrogen and oxygen atoms in total. The number of halogens is 3. The van der Waals surface area contributed by atoms with Crippen LogP contribution in [0.5, 0.6) is 0 Å². The van der Waals surface area contributed by atoms with E-state index in [0.717, 1.165) is 17.0 Å². The number of carbonyl (C=O) groups excluding carboxylic acids is 2. The van der Waals surface area contributed by atoms with E-state index >= 15 is 0 Å². The summed E-state index contributed by atoms with van der Waals surface area (Å²) < 4.78 is 50.1. The molecule has 2 heterocycles. The standard InChI is InChI=1S/C26H26F3NO4S/c1-3-33-10-11-34-25(32)22-15(2)30-19-13-17(21-5-4-12-35-21)14-20(31)24(19)23(22)16-6-8-18(9-7-16)26(27,28)29/h4-9,12,17,23,30H,3,10-11,13-14H2,1-2H3. The van der Waals surface area contributed by atoms with Crippen molar-refractivity contribution in [2.24, 2.45) is 0 Å².